The van der Waals surface area contributed by atoms with Gasteiger partial charge in [0.1, 0.15) is 24.4 Å². The van der Waals surface area contributed by atoms with Gasteiger partial charge in [0.2, 0.25) is 5.78 Å². The molecule has 0 saturated heterocycles. The number of aliphatic hydroxyl groups excluding tert-OH is 3. The molecule has 2 atom stereocenters. The number of esters is 1. The van der Waals surface area contributed by atoms with Crippen molar-refractivity contribution in [3.05, 3.63) is 0 Å². The zero-order valence-corrected chi connectivity index (χ0v) is 13.0. The van der Waals surface area contributed by atoms with E-state index >= 15 is 0 Å². The van der Waals surface area contributed by atoms with E-state index < -0.39 is 43.6 Å². The van der Waals surface area contributed by atoms with Gasteiger partial charge in [-0.25, -0.2) is 0 Å². The summed E-state index contributed by atoms with van der Waals surface area (Å²) in [5, 5.41) is 26.9. The average molecular weight is 318 g/mol. The van der Waals surface area contributed by atoms with Crippen molar-refractivity contribution in [3.8, 4) is 0 Å². The van der Waals surface area contributed by atoms with Crippen LogP contribution < -0.4 is 0 Å². The number of unbranched alkanes of at least 4 members (excludes halogenated alkanes) is 4. The van der Waals surface area contributed by atoms with E-state index in [0.717, 1.165) is 32.1 Å². The molecule has 0 fully saturated rings. The van der Waals surface area contributed by atoms with Crippen molar-refractivity contribution in [2.45, 2.75) is 64.1 Å². The summed E-state index contributed by atoms with van der Waals surface area (Å²) < 4.78 is 4.57. The molecule has 0 aliphatic rings. The molecule has 0 aromatic carbocycles. The lowest BCUT2D eigenvalue weighted by Gasteiger charge is -2.14. The summed E-state index contributed by atoms with van der Waals surface area (Å²) >= 11 is 0. The van der Waals surface area contributed by atoms with Crippen molar-refractivity contribution >= 4 is 17.5 Å². The smallest absolute Gasteiger partial charge is 0.313 e. The summed E-state index contributed by atoms with van der Waals surface area (Å²) in [6.45, 7) is 0.581. The molecule has 0 aliphatic heterocycles. The van der Waals surface area contributed by atoms with Gasteiger partial charge in [0.25, 0.3) is 0 Å². The van der Waals surface area contributed by atoms with E-state index in [0.29, 0.717) is 6.42 Å². The lowest BCUT2D eigenvalue weighted by atomic mass is 10.1. The van der Waals surface area contributed by atoms with E-state index in [1.54, 1.807) is 0 Å². The third kappa shape index (κ3) is 9.59. The van der Waals surface area contributed by atoms with Crippen LogP contribution in [0, 0.1) is 0 Å². The molecule has 0 spiro atoms. The number of aliphatic hydroxyl groups is 3. The Balaban J connectivity index is 3.84. The molecule has 7 heteroatoms. The number of ketones is 2. The summed E-state index contributed by atoms with van der Waals surface area (Å²) in [5.41, 5.74) is 0. The highest BCUT2D eigenvalue weighted by molar-refractivity contribution is 5.96. The molecule has 0 saturated carbocycles. The molecule has 0 unspecified atom stereocenters. The number of rotatable bonds is 13. The Bertz CT molecular complexity index is 354. The maximum Gasteiger partial charge on any atom is 0.313 e. The van der Waals surface area contributed by atoms with Crippen LogP contribution in [0.5, 0.6) is 0 Å². The molecule has 22 heavy (non-hydrogen) atoms. The Morgan fingerprint density at radius 1 is 1.05 bits per heavy atom. The van der Waals surface area contributed by atoms with Gasteiger partial charge in [-0.1, -0.05) is 32.6 Å². The number of carbonyl (C=O) groups is 3. The normalized spacial score (nSPS) is 13.5. The summed E-state index contributed by atoms with van der Waals surface area (Å²) in [7, 11) is 0. The van der Waals surface area contributed by atoms with Gasteiger partial charge in [-0.05, 0) is 6.42 Å². The van der Waals surface area contributed by atoms with Crippen molar-refractivity contribution in [2.24, 2.45) is 0 Å². The maximum absolute atomic E-state index is 11.5. The second-order valence-corrected chi connectivity index (χ2v) is 5.20. The number of hydrogen-bond donors (Lipinski definition) is 3. The number of Topliss-reactive ketones (excluding diaryl/α,β-unsaturated/α-hetero) is 2. The maximum atomic E-state index is 11.5. The highest BCUT2D eigenvalue weighted by Gasteiger charge is 2.24. The van der Waals surface area contributed by atoms with Crippen LogP contribution in [0.25, 0.3) is 0 Å². The molecule has 128 valence electrons. The lowest BCUT2D eigenvalue weighted by Crippen LogP contribution is -2.38. The monoisotopic (exact) mass is 318 g/mol. The van der Waals surface area contributed by atoms with Crippen LogP contribution in [-0.2, 0) is 19.1 Å². The van der Waals surface area contributed by atoms with E-state index in [-0.39, 0.29) is 5.78 Å². The highest BCUT2D eigenvalue weighted by atomic mass is 16.5. The third-order valence-electron chi connectivity index (χ3n) is 3.16. The van der Waals surface area contributed by atoms with E-state index in [2.05, 4.69) is 11.7 Å². The number of hydrogen-bond acceptors (Lipinski definition) is 7. The van der Waals surface area contributed by atoms with Crippen LogP contribution in [0.1, 0.15) is 51.9 Å². The topological polar surface area (TPSA) is 121 Å². The Labute approximate surface area is 130 Å². The molecule has 0 heterocycles. The summed E-state index contributed by atoms with van der Waals surface area (Å²) in [4.78, 5) is 34.2. The van der Waals surface area contributed by atoms with Crippen molar-refractivity contribution in [1.29, 1.82) is 0 Å². The fraction of sp³-hybridized carbons (Fsp3) is 0.800. The highest BCUT2D eigenvalue weighted by Crippen LogP contribution is 2.07. The predicted molar refractivity (Wildman–Crippen MR) is 78.1 cm³/mol. The van der Waals surface area contributed by atoms with Gasteiger partial charge in [0, 0.05) is 6.42 Å². The first kappa shape index (κ1) is 20.7. The first-order chi connectivity index (χ1) is 10.4. The van der Waals surface area contributed by atoms with Crippen LogP contribution >= 0.6 is 0 Å². The van der Waals surface area contributed by atoms with Crippen molar-refractivity contribution in [2.75, 3.05) is 13.2 Å². The molecule has 3 N–H and O–H groups in total. The predicted octanol–water partition coefficient (Wildman–Crippen LogP) is 0.133. The van der Waals surface area contributed by atoms with Crippen molar-refractivity contribution < 1.29 is 34.4 Å². The molecular weight excluding hydrogens is 292 g/mol. The zero-order valence-electron chi connectivity index (χ0n) is 13.0. The van der Waals surface area contributed by atoms with Gasteiger partial charge in [0.15, 0.2) is 6.61 Å². The second-order valence-electron chi connectivity index (χ2n) is 5.20. The number of ether oxygens (including phenoxy) is 1. The van der Waals surface area contributed by atoms with Crippen molar-refractivity contribution in [3.63, 3.8) is 0 Å². The van der Waals surface area contributed by atoms with Gasteiger partial charge in [-0.3, -0.25) is 14.4 Å². The Morgan fingerprint density at radius 3 is 2.27 bits per heavy atom. The van der Waals surface area contributed by atoms with Crippen LogP contribution in [0.4, 0.5) is 0 Å². The first-order valence-corrected chi connectivity index (χ1v) is 7.59. The Kier molecular flexibility index (Phi) is 11.5. The minimum atomic E-state index is -1.81. The second kappa shape index (κ2) is 12.3. The van der Waals surface area contributed by atoms with E-state index in [1.165, 1.54) is 0 Å². The Hall–Kier alpha value is -1.31. The molecule has 0 radical (unpaired) electrons. The summed E-state index contributed by atoms with van der Waals surface area (Å²) in [6, 6.07) is 0. The quantitative estimate of drug-likeness (QED) is 0.251. The molecular formula is C15H26O7. The van der Waals surface area contributed by atoms with Gasteiger partial charge < -0.3 is 20.1 Å². The SMILES string of the molecule is CCCCCCCC(=O)CC(=O)OCC(=O)[C@@H](O)[C@H](O)CO. The minimum absolute atomic E-state index is 0.245. The fourth-order valence-electron chi connectivity index (χ4n) is 1.78. The molecule has 7 nitrogen and oxygen atoms in total. The Morgan fingerprint density at radius 2 is 1.68 bits per heavy atom. The lowest BCUT2D eigenvalue weighted by molar-refractivity contribution is -0.154. The molecule has 0 rings (SSSR count). The van der Waals surface area contributed by atoms with E-state index in [1.807, 2.05) is 0 Å². The van der Waals surface area contributed by atoms with E-state index in [4.69, 9.17) is 10.2 Å². The van der Waals surface area contributed by atoms with Crippen molar-refractivity contribution in [1.82, 2.24) is 0 Å². The van der Waals surface area contributed by atoms with Crippen LogP contribution in [0.15, 0.2) is 0 Å². The van der Waals surface area contributed by atoms with Crippen LogP contribution in [0.2, 0.25) is 0 Å². The summed E-state index contributed by atoms with van der Waals surface area (Å²) in [6.07, 6.45) is 1.45. The average Bonchev–Trinajstić information content (AvgIpc) is 2.50. The van der Waals surface area contributed by atoms with Crippen LogP contribution in [-0.4, -0.2) is 58.3 Å². The third-order valence-corrected chi connectivity index (χ3v) is 3.16. The molecule has 0 bridgehead atoms. The molecule has 0 aliphatic carbocycles. The van der Waals surface area contributed by atoms with Gasteiger partial charge in [-0.2, -0.15) is 0 Å². The molecule has 0 amide bonds. The molecule has 0 aromatic heterocycles. The standard InChI is InChI=1S/C15H26O7/c1-2-3-4-5-6-7-11(17)8-14(20)22-10-13(19)15(21)12(18)9-16/h12,15-16,18,21H,2-10H2,1H3/t12-,15+/m1/s1. The minimum Gasteiger partial charge on any atom is -0.457 e. The van der Waals surface area contributed by atoms with Gasteiger partial charge in [-0.15, -0.1) is 0 Å². The van der Waals surface area contributed by atoms with Crippen LogP contribution in [0.3, 0.4) is 0 Å². The fourth-order valence-corrected chi connectivity index (χ4v) is 1.78. The zero-order chi connectivity index (χ0) is 17.0. The summed E-state index contributed by atoms with van der Waals surface area (Å²) in [5.74, 6) is -2.01. The first-order valence-electron chi connectivity index (χ1n) is 7.59. The number of carbonyl (C=O) groups excluding carboxylic acids is 3. The largest absolute Gasteiger partial charge is 0.457 e. The molecule has 0 aromatic rings. The van der Waals surface area contributed by atoms with Gasteiger partial charge in [0.05, 0.1) is 6.61 Å². The van der Waals surface area contributed by atoms with Gasteiger partial charge >= 0.3 is 5.97 Å². The van der Waals surface area contributed by atoms with E-state index in [9.17, 15) is 19.5 Å².